The van der Waals surface area contributed by atoms with E-state index in [0.29, 0.717) is 24.1 Å². The van der Waals surface area contributed by atoms with Gasteiger partial charge in [-0.05, 0) is 36.4 Å². The lowest BCUT2D eigenvalue weighted by molar-refractivity contribution is 0.0734. The number of amides is 1. The van der Waals surface area contributed by atoms with Crippen molar-refractivity contribution in [3.63, 3.8) is 0 Å². The Morgan fingerprint density at radius 3 is 2.48 bits per heavy atom. The molecular formula is C19H16FN3O2. The molecule has 6 heteroatoms. The van der Waals surface area contributed by atoms with Gasteiger partial charge in [0.2, 0.25) is 0 Å². The number of H-pyrrole nitrogens is 1. The van der Waals surface area contributed by atoms with E-state index >= 15 is 0 Å². The largest absolute Gasteiger partial charge is 0.334 e. The molecular weight excluding hydrogens is 321 g/mol. The number of nitrogens with one attached hydrogen (secondary N) is 1. The average Bonchev–Trinajstić information content (AvgIpc) is 2.99. The van der Waals surface area contributed by atoms with Crippen LogP contribution in [0.25, 0.3) is 5.69 Å². The van der Waals surface area contributed by atoms with Gasteiger partial charge in [0.05, 0.1) is 17.8 Å². The zero-order chi connectivity index (χ0) is 17.4. The van der Waals surface area contributed by atoms with Crippen molar-refractivity contribution >= 4 is 5.91 Å². The summed E-state index contributed by atoms with van der Waals surface area (Å²) in [5.41, 5.74) is 2.50. The SMILES string of the molecule is O=C(c1ccc(F)cc1)N1CCc2[nH]n(-c3ccccc3)c(=O)c2C1. The van der Waals surface area contributed by atoms with Crippen molar-refractivity contribution in [1.29, 1.82) is 0 Å². The molecule has 1 aliphatic rings. The van der Waals surface area contributed by atoms with Gasteiger partial charge in [-0.2, -0.15) is 0 Å². The molecule has 2 aromatic carbocycles. The molecule has 0 bridgehead atoms. The predicted octanol–water partition coefficient (Wildman–Crippen LogP) is 2.50. The molecule has 0 radical (unpaired) electrons. The molecule has 5 nitrogen and oxygen atoms in total. The molecule has 0 aliphatic carbocycles. The number of halogens is 1. The first-order chi connectivity index (χ1) is 12.1. The number of para-hydroxylation sites is 1. The zero-order valence-electron chi connectivity index (χ0n) is 13.4. The van der Waals surface area contributed by atoms with Crippen molar-refractivity contribution in [2.24, 2.45) is 0 Å². The van der Waals surface area contributed by atoms with Crippen molar-refractivity contribution in [3.05, 3.63) is 87.6 Å². The molecule has 1 N–H and O–H groups in total. The van der Waals surface area contributed by atoms with Gasteiger partial charge in [0.25, 0.3) is 11.5 Å². The standard InChI is InChI=1S/C19H16FN3O2/c20-14-8-6-13(7-9-14)18(24)22-11-10-17-16(12-22)19(25)23(21-17)15-4-2-1-3-5-15/h1-9,21H,10-12H2. The van der Waals surface area contributed by atoms with E-state index in [-0.39, 0.29) is 23.8 Å². The van der Waals surface area contributed by atoms with Gasteiger partial charge in [-0.1, -0.05) is 18.2 Å². The Morgan fingerprint density at radius 1 is 1.04 bits per heavy atom. The first-order valence-electron chi connectivity index (χ1n) is 8.06. The van der Waals surface area contributed by atoms with E-state index < -0.39 is 0 Å². The van der Waals surface area contributed by atoms with E-state index in [2.05, 4.69) is 5.10 Å². The predicted molar refractivity (Wildman–Crippen MR) is 91.2 cm³/mol. The summed E-state index contributed by atoms with van der Waals surface area (Å²) in [7, 11) is 0. The smallest absolute Gasteiger partial charge is 0.276 e. The van der Waals surface area contributed by atoms with E-state index in [0.717, 1.165) is 11.4 Å². The second kappa shape index (κ2) is 6.05. The van der Waals surface area contributed by atoms with Crippen LogP contribution in [-0.2, 0) is 13.0 Å². The Morgan fingerprint density at radius 2 is 1.76 bits per heavy atom. The minimum absolute atomic E-state index is 0.141. The highest BCUT2D eigenvalue weighted by Gasteiger charge is 2.26. The van der Waals surface area contributed by atoms with Crippen molar-refractivity contribution in [2.75, 3.05) is 6.54 Å². The van der Waals surface area contributed by atoms with Crippen LogP contribution in [0.15, 0.2) is 59.4 Å². The quantitative estimate of drug-likeness (QED) is 0.781. The molecule has 0 unspecified atom stereocenters. The van der Waals surface area contributed by atoms with Crippen LogP contribution in [0.2, 0.25) is 0 Å². The number of rotatable bonds is 2. The number of carbonyl (C=O) groups is 1. The first kappa shape index (κ1) is 15.4. The molecule has 1 aromatic heterocycles. The summed E-state index contributed by atoms with van der Waals surface area (Å²) in [6, 6.07) is 14.8. The lowest BCUT2D eigenvalue weighted by Gasteiger charge is -2.26. The Hall–Kier alpha value is -3.15. The Balaban J connectivity index is 1.63. The van der Waals surface area contributed by atoms with Crippen LogP contribution in [0, 0.1) is 5.82 Å². The lowest BCUT2D eigenvalue weighted by atomic mass is 10.1. The Labute approximate surface area is 143 Å². The third-order valence-electron chi connectivity index (χ3n) is 4.45. The van der Waals surface area contributed by atoms with Gasteiger partial charge in [0, 0.05) is 24.2 Å². The Bertz CT molecular complexity index is 974. The van der Waals surface area contributed by atoms with E-state index in [1.807, 2.05) is 30.3 Å². The number of hydrogen-bond donors (Lipinski definition) is 1. The summed E-state index contributed by atoms with van der Waals surface area (Å²) < 4.78 is 14.5. The van der Waals surface area contributed by atoms with E-state index in [4.69, 9.17) is 0 Å². The molecule has 0 saturated carbocycles. The molecule has 4 rings (SSSR count). The van der Waals surface area contributed by atoms with Crippen molar-refractivity contribution in [2.45, 2.75) is 13.0 Å². The normalized spacial score (nSPS) is 13.6. The molecule has 1 aliphatic heterocycles. The molecule has 25 heavy (non-hydrogen) atoms. The number of aromatic amines is 1. The van der Waals surface area contributed by atoms with Crippen LogP contribution in [-0.4, -0.2) is 27.1 Å². The van der Waals surface area contributed by atoms with Crippen molar-refractivity contribution in [3.8, 4) is 5.69 Å². The number of aromatic nitrogens is 2. The van der Waals surface area contributed by atoms with Gasteiger partial charge in [-0.3, -0.25) is 14.7 Å². The maximum Gasteiger partial charge on any atom is 0.276 e. The van der Waals surface area contributed by atoms with Crippen LogP contribution >= 0.6 is 0 Å². The minimum Gasteiger partial charge on any atom is -0.334 e. The molecule has 0 spiro atoms. The number of benzene rings is 2. The third kappa shape index (κ3) is 2.76. The van der Waals surface area contributed by atoms with Crippen molar-refractivity contribution < 1.29 is 9.18 Å². The summed E-state index contributed by atoms with van der Waals surface area (Å²) in [5.74, 6) is -0.577. The third-order valence-corrected chi connectivity index (χ3v) is 4.45. The lowest BCUT2D eigenvalue weighted by Crippen LogP contribution is -2.37. The van der Waals surface area contributed by atoms with Crippen LogP contribution < -0.4 is 5.56 Å². The second-order valence-electron chi connectivity index (χ2n) is 6.03. The maximum absolute atomic E-state index is 13.0. The number of carbonyl (C=O) groups excluding carboxylic acids is 1. The molecule has 2 heterocycles. The number of fused-ring (bicyclic) bond motifs is 1. The van der Waals surface area contributed by atoms with Crippen LogP contribution in [0.3, 0.4) is 0 Å². The summed E-state index contributed by atoms with van der Waals surface area (Å²) in [6.45, 7) is 0.763. The van der Waals surface area contributed by atoms with Crippen molar-refractivity contribution in [1.82, 2.24) is 14.7 Å². The van der Waals surface area contributed by atoms with E-state index in [1.165, 1.54) is 28.9 Å². The van der Waals surface area contributed by atoms with Gasteiger partial charge < -0.3 is 4.90 Å². The van der Waals surface area contributed by atoms with Gasteiger partial charge >= 0.3 is 0 Å². The topological polar surface area (TPSA) is 58.1 Å². The zero-order valence-corrected chi connectivity index (χ0v) is 13.4. The van der Waals surface area contributed by atoms with Crippen LogP contribution in [0.4, 0.5) is 4.39 Å². The summed E-state index contributed by atoms with van der Waals surface area (Å²) in [5, 5.41) is 3.14. The van der Waals surface area contributed by atoms with Crippen LogP contribution in [0.5, 0.6) is 0 Å². The van der Waals surface area contributed by atoms with Gasteiger partial charge in [-0.15, -0.1) is 0 Å². The summed E-state index contributed by atoms with van der Waals surface area (Å²) >= 11 is 0. The Kier molecular flexibility index (Phi) is 3.72. The minimum atomic E-state index is -0.381. The fourth-order valence-electron chi connectivity index (χ4n) is 3.11. The van der Waals surface area contributed by atoms with Gasteiger partial charge in [0.1, 0.15) is 5.82 Å². The fourth-order valence-corrected chi connectivity index (χ4v) is 3.11. The summed E-state index contributed by atoms with van der Waals surface area (Å²) in [4.78, 5) is 26.9. The van der Waals surface area contributed by atoms with E-state index in [1.54, 1.807) is 4.90 Å². The van der Waals surface area contributed by atoms with Gasteiger partial charge in [0.15, 0.2) is 0 Å². The highest BCUT2D eigenvalue weighted by Crippen LogP contribution is 2.18. The molecule has 0 atom stereocenters. The fraction of sp³-hybridized carbons (Fsp3) is 0.158. The van der Waals surface area contributed by atoms with Gasteiger partial charge in [-0.25, -0.2) is 9.07 Å². The first-order valence-corrected chi connectivity index (χ1v) is 8.06. The summed E-state index contributed by atoms with van der Waals surface area (Å²) in [6.07, 6.45) is 0.581. The maximum atomic E-state index is 13.0. The number of nitrogens with zero attached hydrogens (tertiary/aromatic N) is 2. The highest BCUT2D eigenvalue weighted by molar-refractivity contribution is 5.94. The van der Waals surface area contributed by atoms with Crippen LogP contribution in [0.1, 0.15) is 21.6 Å². The molecule has 3 aromatic rings. The highest BCUT2D eigenvalue weighted by atomic mass is 19.1. The average molecular weight is 337 g/mol. The monoisotopic (exact) mass is 337 g/mol. The van der Waals surface area contributed by atoms with E-state index in [9.17, 15) is 14.0 Å². The molecule has 0 saturated heterocycles. The molecule has 126 valence electrons. The second-order valence-corrected chi connectivity index (χ2v) is 6.03. The molecule has 0 fully saturated rings. The molecule has 1 amide bonds. The number of hydrogen-bond acceptors (Lipinski definition) is 2.